The molecule has 0 radical (unpaired) electrons. The van der Waals surface area contributed by atoms with E-state index in [1.54, 1.807) is 0 Å². The Labute approximate surface area is 175 Å². The molecule has 3 aromatic rings. The van der Waals surface area contributed by atoms with Gasteiger partial charge in [-0.05, 0) is 23.4 Å². The van der Waals surface area contributed by atoms with Crippen molar-refractivity contribution in [3.05, 3.63) is 63.5 Å². The van der Waals surface area contributed by atoms with Crippen molar-refractivity contribution >= 4 is 21.6 Å². The van der Waals surface area contributed by atoms with Crippen molar-refractivity contribution in [1.29, 1.82) is 0 Å². The number of hydrogen-bond donors (Lipinski definition) is 1. The third-order valence-electron chi connectivity index (χ3n) is 5.75. The third kappa shape index (κ3) is 4.28. The van der Waals surface area contributed by atoms with E-state index in [4.69, 9.17) is 4.98 Å². The van der Waals surface area contributed by atoms with Crippen LogP contribution in [0, 0.1) is 0 Å². The van der Waals surface area contributed by atoms with Gasteiger partial charge in [-0.25, -0.2) is 4.98 Å². The predicted molar refractivity (Wildman–Crippen MR) is 118 cm³/mol. The molecule has 7 heteroatoms. The minimum Gasteiger partial charge on any atom is -0.395 e. The SMILES string of the molecule is CCC(c1nc2sccc2c(=O)n1Cc1ccccc1)N1CCN(CCO)CC1. The molecular formula is C22H28N4O2S. The highest BCUT2D eigenvalue weighted by molar-refractivity contribution is 7.16. The Morgan fingerprint density at radius 3 is 2.59 bits per heavy atom. The molecule has 1 atom stereocenters. The first-order valence-electron chi connectivity index (χ1n) is 10.3. The highest BCUT2D eigenvalue weighted by Gasteiger charge is 2.28. The van der Waals surface area contributed by atoms with Gasteiger partial charge in [0.1, 0.15) is 10.7 Å². The molecule has 29 heavy (non-hydrogen) atoms. The highest BCUT2D eigenvalue weighted by Crippen LogP contribution is 2.26. The summed E-state index contributed by atoms with van der Waals surface area (Å²) in [6.07, 6.45) is 0.901. The summed E-state index contributed by atoms with van der Waals surface area (Å²) in [5, 5.41) is 11.9. The minimum absolute atomic E-state index is 0.0486. The molecule has 0 amide bonds. The quantitative estimate of drug-likeness (QED) is 0.646. The average Bonchev–Trinajstić information content (AvgIpc) is 3.22. The smallest absolute Gasteiger partial charge is 0.262 e. The summed E-state index contributed by atoms with van der Waals surface area (Å²) >= 11 is 1.53. The maximum atomic E-state index is 13.3. The standard InChI is InChI=1S/C22H28N4O2S/c1-2-19(25-11-9-24(10-12-25)13-14-27)20-23-21-18(8-15-29-21)22(28)26(20)16-17-6-4-3-5-7-17/h3-8,15,19,27H,2,9-14,16H2,1H3. The van der Waals surface area contributed by atoms with Crippen LogP contribution in [0.1, 0.15) is 30.8 Å². The predicted octanol–water partition coefficient (Wildman–Crippen LogP) is 2.57. The van der Waals surface area contributed by atoms with E-state index in [9.17, 15) is 9.90 Å². The molecule has 0 bridgehead atoms. The van der Waals surface area contributed by atoms with Gasteiger partial charge in [-0.1, -0.05) is 37.3 Å². The first-order chi connectivity index (χ1) is 14.2. The van der Waals surface area contributed by atoms with Gasteiger partial charge in [0.2, 0.25) is 0 Å². The second-order valence-corrected chi connectivity index (χ2v) is 8.41. The summed E-state index contributed by atoms with van der Waals surface area (Å²) < 4.78 is 1.87. The van der Waals surface area contributed by atoms with E-state index < -0.39 is 0 Å². The summed E-state index contributed by atoms with van der Waals surface area (Å²) in [5.41, 5.74) is 1.15. The molecule has 4 rings (SSSR count). The first kappa shape index (κ1) is 20.2. The lowest BCUT2D eigenvalue weighted by atomic mass is 10.1. The summed E-state index contributed by atoms with van der Waals surface area (Å²) in [4.78, 5) is 23.9. The topological polar surface area (TPSA) is 61.6 Å². The van der Waals surface area contributed by atoms with E-state index >= 15 is 0 Å². The van der Waals surface area contributed by atoms with Crippen LogP contribution in [0.4, 0.5) is 0 Å². The van der Waals surface area contributed by atoms with Crippen LogP contribution < -0.4 is 5.56 Å². The van der Waals surface area contributed by atoms with Gasteiger partial charge in [0.25, 0.3) is 5.56 Å². The van der Waals surface area contributed by atoms with E-state index in [0.717, 1.165) is 55.4 Å². The number of piperazine rings is 1. The van der Waals surface area contributed by atoms with Crippen molar-refractivity contribution in [2.24, 2.45) is 0 Å². The van der Waals surface area contributed by atoms with Gasteiger partial charge in [0.15, 0.2) is 0 Å². The molecule has 1 saturated heterocycles. The molecule has 1 aliphatic rings. The molecular weight excluding hydrogens is 384 g/mol. The van der Waals surface area contributed by atoms with E-state index in [2.05, 4.69) is 28.9 Å². The largest absolute Gasteiger partial charge is 0.395 e. The zero-order chi connectivity index (χ0) is 20.2. The summed E-state index contributed by atoms with van der Waals surface area (Å²) in [6.45, 7) is 7.33. The second-order valence-electron chi connectivity index (χ2n) is 7.51. The number of aliphatic hydroxyl groups is 1. The maximum Gasteiger partial charge on any atom is 0.262 e. The van der Waals surface area contributed by atoms with Gasteiger partial charge in [-0.15, -0.1) is 11.3 Å². The van der Waals surface area contributed by atoms with Crippen LogP contribution in [0.25, 0.3) is 10.2 Å². The molecule has 0 spiro atoms. The number of β-amino-alcohol motifs (C(OH)–C–C–N with tert-alkyl or cyclic N) is 1. The normalized spacial score (nSPS) is 17.0. The number of nitrogens with zero attached hydrogens (tertiary/aromatic N) is 4. The number of hydrogen-bond acceptors (Lipinski definition) is 6. The fraction of sp³-hybridized carbons (Fsp3) is 0.455. The maximum absolute atomic E-state index is 13.3. The zero-order valence-electron chi connectivity index (χ0n) is 16.8. The van der Waals surface area contributed by atoms with E-state index in [1.165, 1.54) is 11.3 Å². The molecule has 1 aliphatic heterocycles. The van der Waals surface area contributed by atoms with Crippen LogP contribution in [0.15, 0.2) is 46.6 Å². The lowest BCUT2D eigenvalue weighted by Gasteiger charge is -2.39. The van der Waals surface area contributed by atoms with Crippen molar-refractivity contribution in [2.45, 2.75) is 25.9 Å². The zero-order valence-corrected chi connectivity index (χ0v) is 17.6. The van der Waals surface area contributed by atoms with Gasteiger partial charge in [-0.3, -0.25) is 19.2 Å². The van der Waals surface area contributed by atoms with Gasteiger partial charge < -0.3 is 5.11 Å². The molecule has 154 valence electrons. The van der Waals surface area contributed by atoms with Crippen molar-refractivity contribution < 1.29 is 5.11 Å². The van der Waals surface area contributed by atoms with Crippen molar-refractivity contribution in [3.63, 3.8) is 0 Å². The lowest BCUT2D eigenvalue weighted by Crippen LogP contribution is -2.49. The minimum atomic E-state index is 0.0486. The molecule has 1 N–H and O–H groups in total. The van der Waals surface area contributed by atoms with Crippen molar-refractivity contribution in [2.75, 3.05) is 39.3 Å². The fourth-order valence-electron chi connectivity index (χ4n) is 4.18. The number of thiophene rings is 1. The first-order valence-corrected chi connectivity index (χ1v) is 11.2. The number of rotatable bonds is 7. The highest BCUT2D eigenvalue weighted by atomic mass is 32.1. The molecule has 0 saturated carbocycles. The van der Waals surface area contributed by atoms with Gasteiger partial charge in [0.05, 0.1) is 24.6 Å². The molecule has 1 aromatic carbocycles. The summed E-state index contributed by atoms with van der Waals surface area (Å²) in [6, 6.07) is 12.1. The van der Waals surface area contributed by atoms with E-state index in [1.807, 2.05) is 34.2 Å². The lowest BCUT2D eigenvalue weighted by molar-refractivity contribution is 0.0774. The Balaban J connectivity index is 1.71. The van der Waals surface area contributed by atoms with Crippen LogP contribution in [0.5, 0.6) is 0 Å². The Kier molecular flexibility index (Phi) is 6.40. The van der Waals surface area contributed by atoms with Crippen LogP contribution >= 0.6 is 11.3 Å². The Hall–Kier alpha value is -2.06. The average molecular weight is 413 g/mol. The monoisotopic (exact) mass is 412 g/mol. The van der Waals surface area contributed by atoms with Crippen molar-refractivity contribution in [3.8, 4) is 0 Å². The number of aromatic nitrogens is 2. The molecule has 0 aliphatic carbocycles. The van der Waals surface area contributed by atoms with Crippen LogP contribution in [0.2, 0.25) is 0 Å². The number of aliphatic hydroxyl groups excluding tert-OH is 1. The molecule has 6 nitrogen and oxygen atoms in total. The Morgan fingerprint density at radius 1 is 1.14 bits per heavy atom. The Morgan fingerprint density at radius 2 is 1.90 bits per heavy atom. The van der Waals surface area contributed by atoms with Gasteiger partial charge >= 0.3 is 0 Å². The molecule has 1 unspecified atom stereocenters. The Bertz CT molecular complexity index is 993. The fourth-order valence-corrected chi connectivity index (χ4v) is 4.94. The van der Waals surface area contributed by atoms with E-state index in [0.29, 0.717) is 11.9 Å². The van der Waals surface area contributed by atoms with Crippen LogP contribution in [-0.4, -0.2) is 63.8 Å². The van der Waals surface area contributed by atoms with Crippen LogP contribution in [0.3, 0.4) is 0 Å². The molecule has 1 fully saturated rings. The van der Waals surface area contributed by atoms with Gasteiger partial charge in [0, 0.05) is 32.7 Å². The summed E-state index contributed by atoms with van der Waals surface area (Å²) in [5.74, 6) is 0.868. The van der Waals surface area contributed by atoms with Crippen molar-refractivity contribution in [1.82, 2.24) is 19.4 Å². The van der Waals surface area contributed by atoms with Gasteiger partial charge in [-0.2, -0.15) is 0 Å². The third-order valence-corrected chi connectivity index (χ3v) is 6.55. The van der Waals surface area contributed by atoms with Crippen LogP contribution in [-0.2, 0) is 6.54 Å². The second kappa shape index (κ2) is 9.17. The summed E-state index contributed by atoms with van der Waals surface area (Å²) in [7, 11) is 0. The molecule has 2 aromatic heterocycles. The number of benzene rings is 1. The molecule has 3 heterocycles. The van der Waals surface area contributed by atoms with E-state index in [-0.39, 0.29) is 18.2 Å². The number of fused-ring (bicyclic) bond motifs is 1.